The summed E-state index contributed by atoms with van der Waals surface area (Å²) in [4.78, 5) is 37.7. The molecule has 1 atom stereocenters. The number of hydrogen-bond donors (Lipinski definition) is 0. The van der Waals surface area contributed by atoms with Crippen LogP contribution in [0.1, 0.15) is 36.5 Å². The summed E-state index contributed by atoms with van der Waals surface area (Å²) < 4.78 is 28.7. The van der Waals surface area contributed by atoms with Crippen molar-refractivity contribution in [1.82, 2.24) is 4.90 Å². The maximum Gasteiger partial charge on any atom is 0.341 e. The first-order chi connectivity index (χ1) is 12.5. The summed E-state index contributed by atoms with van der Waals surface area (Å²) >= 11 is 0. The Morgan fingerprint density at radius 3 is 2.65 bits per heavy atom. The molecule has 1 aliphatic rings. The van der Waals surface area contributed by atoms with Crippen LogP contribution in [0.25, 0.3) is 0 Å². The minimum absolute atomic E-state index is 0.225. The van der Waals surface area contributed by atoms with Gasteiger partial charge in [0.1, 0.15) is 17.6 Å². The summed E-state index contributed by atoms with van der Waals surface area (Å²) in [6.45, 7) is 1.73. The first-order valence-corrected chi connectivity index (χ1v) is 8.44. The predicted octanol–water partition coefficient (Wildman–Crippen LogP) is 1.94. The topological polar surface area (TPSA) is 82.1 Å². The molecule has 7 nitrogen and oxygen atoms in total. The van der Waals surface area contributed by atoms with Crippen molar-refractivity contribution >= 4 is 17.8 Å². The minimum atomic E-state index is -0.955. The lowest BCUT2D eigenvalue weighted by molar-refractivity contribution is -0.157. The summed E-state index contributed by atoms with van der Waals surface area (Å²) in [5.41, 5.74) is -0.292. The van der Waals surface area contributed by atoms with Crippen molar-refractivity contribution in [2.24, 2.45) is 0 Å². The van der Waals surface area contributed by atoms with E-state index in [9.17, 15) is 18.8 Å². The Labute approximate surface area is 151 Å². The van der Waals surface area contributed by atoms with Gasteiger partial charge in [0.2, 0.25) is 0 Å². The van der Waals surface area contributed by atoms with Gasteiger partial charge < -0.3 is 19.1 Å². The van der Waals surface area contributed by atoms with Gasteiger partial charge >= 0.3 is 11.9 Å². The molecular formula is C18H22FNO6. The van der Waals surface area contributed by atoms with Gasteiger partial charge in [-0.3, -0.25) is 4.79 Å². The molecule has 26 heavy (non-hydrogen) atoms. The Morgan fingerprint density at radius 1 is 1.23 bits per heavy atom. The Kier molecular flexibility index (Phi) is 6.94. The largest absolute Gasteiger partial charge is 0.497 e. The van der Waals surface area contributed by atoms with Gasteiger partial charge in [0.15, 0.2) is 6.61 Å². The van der Waals surface area contributed by atoms with Gasteiger partial charge in [-0.15, -0.1) is 0 Å². The van der Waals surface area contributed by atoms with Crippen LogP contribution in [-0.4, -0.2) is 55.7 Å². The predicted molar refractivity (Wildman–Crippen MR) is 89.2 cm³/mol. The molecule has 0 radical (unpaired) electrons. The molecule has 1 fully saturated rings. The maximum absolute atomic E-state index is 13.9. The summed E-state index contributed by atoms with van der Waals surface area (Å²) in [6, 6.07) is 3.03. The smallest absolute Gasteiger partial charge is 0.341 e. The van der Waals surface area contributed by atoms with E-state index in [-0.39, 0.29) is 17.9 Å². The molecule has 0 aromatic heterocycles. The third-order valence-electron chi connectivity index (χ3n) is 4.10. The Morgan fingerprint density at radius 2 is 2.00 bits per heavy atom. The molecule has 0 aliphatic carbocycles. The molecule has 2 rings (SSSR count). The molecular weight excluding hydrogens is 345 g/mol. The number of piperidine rings is 1. The van der Waals surface area contributed by atoms with E-state index in [0.29, 0.717) is 13.0 Å². The van der Waals surface area contributed by atoms with Crippen LogP contribution in [0, 0.1) is 5.82 Å². The number of ether oxygens (including phenoxy) is 3. The molecule has 0 saturated carbocycles. The third-order valence-corrected chi connectivity index (χ3v) is 4.10. The van der Waals surface area contributed by atoms with E-state index in [1.165, 1.54) is 24.1 Å². The van der Waals surface area contributed by atoms with Gasteiger partial charge in [-0.1, -0.05) is 0 Å². The van der Waals surface area contributed by atoms with Gasteiger partial charge in [0, 0.05) is 12.6 Å². The van der Waals surface area contributed by atoms with Crippen molar-refractivity contribution in [3.63, 3.8) is 0 Å². The zero-order chi connectivity index (χ0) is 19.1. The van der Waals surface area contributed by atoms with Crippen molar-refractivity contribution in [1.29, 1.82) is 0 Å². The highest BCUT2D eigenvalue weighted by Gasteiger charge is 2.33. The molecule has 1 aromatic carbocycles. The highest BCUT2D eigenvalue weighted by atomic mass is 19.1. The first kappa shape index (κ1) is 19.7. The van der Waals surface area contributed by atoms with Crippen LogP contribution in [0.4, 0.5) is 4.39 Å². The molecule has 8 heteroatoms. The average Bonchev–Trinajstić information content (AvgIpc) is 2.65. The molecule has 0 N–H and O–H groups in total. The van der Waals surface area contributed by atoms with E-state index in [1.54, 1.807) is 6.92 Å². The number of benzene rings is 1. The van der Waals surface area contributed by atoms with Gasteiger partial charge in [0.05, 0.1) is 19.3 Å². The Balaban J connectivity index is 1.98. The fourth-order valence-corrected chi connectivity index (χ4v) is 2.79. The zero-order valence-electron chi connectivity index (χ0n) is 14.8. The molecule has 0 bridgehead atoms. The SMILES string of the molecule is CCOC(=O)C1CCCCN1C(=O)COC(=O)c1ccc(OC)cc1F. The van der Waals surface area contributed by atoms with Crippen LogP contribution >= 0.6 is 0 Å². The van der Waals surface area contributed by atoms with Crippen molar-refractivity contribution in [3.8, 4) is 5.75 Å². The number of carbonyl (C=O) groups is 3. The first-order valence-electron chi connectivity index (χ1n) is 8.44. The number of halogens is 1. The standard InChI is InChI=1S/C18H22FNO6/c1-3-25-18(23)15-6-4-5-9-20(15)16(21)11-26-17(22)13-8-7-12(24-2)10-14(13)19/h7-8,10,15H,3-6,9,11H2,1-2H3. The molecule has 1 heterocycles. The van der Waals surface area contributed by atoms with Crippen LogP contribution < -0.4 is 4.74 Å². The van der Waals surface area contributed by atoms with E-state index in [4.69, 9.17) is 14.2 Å². The summed E-state index contributed by atoms with van der Waals surface area (Å²) in [5, 5.41) is 0. The lowest BCUT2D eigenvalue weighted by atomic mass is 10.0. The molecule has 0 spiro atoms. The third kappa shape index (κ3) is 4.71. The molecule has 1 saturated heterocycles. The van der Waals surface area contributed by atoms with E-state index >= 15 is 0 Å². The molecule has 1 amide bonds. The number of amides is 1. The second-order valence-electron chi connectivity index (χ2n) is 5.77. The summed E-state index contributed by atoms with van der Waals surface area (Å²) in [6.07, 6.45) is 2.07. The Hall–Kier alpha value is -2.64. The van der Waals surface area contributed by atoms with Crippen LogP contribution in [0.15, 0.2) is 18.2 Å². The van der Waals surface area contributed by atoms with Crippen LogP contribution in [0.2, 0.25) is 0 Å². The number of hydrogen-bond acceptors (Lipinski definition) is 6. The lowest BCUT2D eigenvalue weighted by Crippen LogP contribution is -2.50. The quantitative estimate of drug-likeness (QED) is 0.715. The van der Waals surface area contributed by atoms with E-state index < -0.39 is 36.3 Å². The van der Waals surface area contributed by atoms with E-state index in [2.05, 4.69) is 0 Å². The van der Waals surface area contributed by atoms with E-state index in [1.807, 2.05) is 0 Å². The van der Waals surface area contributed by atoms with Crippen molar-refractivity contribution < 1.29 is 33.0 Å². The molecule has 1 unspecified atom stereocenters. The number of nitrogens with zero attached hydrogens (tertiary/aromatic N) is 1. The Bertz CT molecular complexity index is 678. The van der Waals surface area contributed by atoms with Crippen LogP contribution in [0.5, 0.6) is 5.75 Å². The van der Waals surface area contributed by atoms with Crippen LogP contribution in [0.3, 0.4) is 0 Å². The average molecular weight is 367 g/mol. The fraction of sp³-hybridized carbons (Fsp3) is 0.500. The molecule has 142 valence electrons. The highest BCUT2D eigenvalue weighted by molar-refractivity contribution is 5.92. The monoisotopic (exact) mass is 367 g/mol. The number of carbonyl (C=O) groups excluding carboxylic acids is 3. The van der Waals surface area contributed by atoms with Crippen molar-refractivity contribution in [2.75, 3.05) is 26.9 Å². The second-order valence-corrected chi connectivity index (χ2v) is 5.77. The molecule has 1 aliphatic heterocycles. The van der Waals surface area contributed by atoms with Gasteiger partial charge in [0.25, 0.3) is 5.91 Å². The van der Waals surface area contributed by atoms with Gasteiger partial charge in [-0.05, 0) is 38.3 Å². The second kappa shape index (κ2) is 9.17. The summed E-state index contributed by atoms with van der Waals surface area (Å²) in [7, 11) is 1.38. The number of methoxy groups -OCH3 is 1. The summed E-state index contributed by atoms with van der Waals surface area (Å²) in [5.74, 6) is -2.47. The van der Waals surface area contributed by atoms with Crippen LogP contribution in [-0.2, 0) is 19.1 Å². The zero-order valence-corrected chi connectivity index (χ0v) is 14.8. The van der Waals surface area contributed by atoms with E-state index in [0.717, 1.165) is 18.9 Å². The van der Waals surface area contributed by atoms with Crippen molar-refractivity contribution in [2.45, 2.75) is 32.2 Å². The highest BCUT2D eigenvalue weighted by Crippen LogP contribution is 2.20. The van der Waals surface area contributed by atoms with Crippen molar-refractivity contribution in [3.05, 3.63) is 29.6 Å². The van der Waals surface area contributed by atoms with Gasteiger partial charge in [-0.2, -0.15) is 0 Å². The number of likely N-dealkylation sites (tertiary alicyclic amines) is 1. The lowest BCUT2D eigenvalue weighted by Gasteiger charge is -2.33. The maximum atomic E-state index is 13.9. The minimum Gasteiger partial charge on any atom is -0.497 e. The molecule has 1 aromatic rings. The number of esters is 2. The fourth-order valence-electron chi connectivity index (χ4n) is 2.79. The van der Waals surface area contributed by atoms with Gasteiger partial charge in [-0.25, -0.2) is 14.0 Å². The normalized spacial score (nSPS) is 16.7. The number of rotatable bonds is 6.